The van der Waals surface area contributed by atoms with E-state index in [1.54, 1.807) is 31.7 Å². The molecular weight excluding hydrogens is 160 g/mol. The Labute approximate surface area is 77.8 Å². The van der Waals surface area contributed by atoms with E-state index in [9.17, 15) is 0 Å². The fourth-order valence-corrected chi connectivity index (χ4v) is 7.67. The molecule has 0 nitrogen and oxygen atoms in total. The SMILES string of the molecule is C[Si]1(C)CCCC2CCCCC21. The first kappa shape index (κ1) is 8.80. The maximum Gasteiger partial charge on any atom is 0.0507 e. The average Bonchev–Trinajstić information content (AvgIpc) is 2.04. The van der Waals surface area contributed by atoms with E-state index < -0.39 is 8.07 Å². The molecule has 70 valence electrons. The van der Waals surface area contributed by atoms with Crippen molar-refractivity contribution in [1.82, 2.24) is 0 Å². The Balaban J connectivity index is 2.09. The van der Waals surface area contributed by atoms with Gasteiger partial charge in [0, 0.05) is 0 Å². The summed E-state index contributed by atoms with van der Waals surface area (Å²) in [4.78, 5) is 0. The number of fused-ring (bicyclic) bond motifs is 1. The zero-order valence-corrected chi connectivity index (χ0v) is 9.60. The highest BCUT2D eigenvalue weighted by Crippen LogP contribution is 2.49. The molecule has 1 aliphatic heterocycles. The molecule has 1 saturated heterocycles. The molecule has 2 rings (SSSR count). The third-order valence-electron chi connectivity index (χ3n) is 4.31. The molecule has 0 bridgehead atoms. The van der Waals surface area contributed by atoms with E-state index in [-0.39, 0.29) is 0 Å². The lowest BCUT2D eigenvalue weighted by molar-refractivity contribution is 0.313. The van der Waals surface area contributed by atoms with Crippen molar-refractivity contribution < 1.29 is 0 Å². The Bertz CT molecular complexity index is 160. The molecule has 2 unspecified atom stereocenters. The first-order valence-corrected chi connectivity index (χ1v) is 8.98. The van der Waals surface area contributed by atoms with Gasteiger partial charge in [0.1, 0.15) is 0 Å². The minimum absolute atomic E-state index is 0.753. The second-order valence-corrected chi connectivity index (χ2v) is 10.8. The number of hydrogen-bond donors (Lipinski definition) is 0. The van der Waals surface area contributed by atoms with Crippen LogP contribution in [-0.2, 0) is 0 Å². The molecule has 1 aliphatic carbocycles. The van der Waals surface area contributed by atoms with Crippen LogP contribution in [0, 0.1) is 5.92 Å². The normalized spacial score (nSPS) is 40.5. The summed E-state index contributed by atoms with van der Waals surface area (Å²) in [5.74, 6) is 1.16. The van der Waals surface area contributed by atoms with E-state index in [1.807, 2.05) is 0 Å². The van der Waals surface area contributed by atoms with Gasteiger partial charge in [-0.25, -0.2) is 0 Å². The van der Waals surface area contributed by atoms with Gasteiger partial charge < -0.3 is 0 Å². The van der Waals surface area contributed by atoms with Crippen molar-refractivity contribution >= 4 is 8.07 Å². The topological polar surface area (TPSA) is 0 Å². The van der Waals surface area contributed by atoms with Crippen LogP contribution in [0.2, 0.25) is 24.7 Å². The van der Waals surface area contributed by atoms with Crippen molar-refractivity contribution in [2.45, 2.75) is 63.2 Å². The first-order chi connectivity index (χ1) is 5.70. The van der Waals surface area contributed by atoms with E-state index >= 15 is 0 Å². The van der Waals surface area contributed by atoms with Crippen LogP contribution in [0.15, 0.2) is 0 Å². The van der Waals surface area contributed by atoms with E-state index in [4.69, 9.17) is 0 Å². The van der Waals surface area contributed by atoms with Crippen LogP contribution in [0.3, 0.4) is 0 Å². The van der Waals surface area contributed by atoms with Crippen molar-refractivity contribution in [3.05, 3.63) is 0 Å². The minimum Gasteiger partial charge on any atom is -0.0691 e. The van der Waals surface area contributed by atoms with Gasteiger partial charge in [0.15, 0.2) is 0 Å². The quantitative estimate of drug-likeness (QED) is 0.496. The zero-order chi connectivity index (χ0) is 8.60. The van der Waals surface area contributed by atoms with Crippen LogP contribution in [0.1, 0.15) is 38.5 Å². The summed E-state index contributed by atoms with van der Waals surface area (Å²) in [5.41, 5.74) is 1.21. The molecule has 1 heterocycles. The Morgan fingerprint density at radius 2 is 1.58 bits per heavy atom. The van der Waals surface area contributed by atoms with Gasteiger partial charge >= 0.3 is 0 Å². The highest BCUT2D eigenvalue weighted by Gasteiger charge is 2.40. The van der Waals surface area contributed by atoms with Crippen LogP contribution in [0.4, 0.5) is 0 Å². The Morgan fingerprint density at radius 3 is 2.33 bits per heavy atom. The number of hydrogen-bond acceptors (Lipinski definition) is 0. The summed E-state index contributed by atoms with van der Waals surface area (Å²) in [5, 5.41) is 0. The van der Waals surface area contributed by atoms with Gasteiger partial charge in [-0.2, -0.15) is 0 Å². The van der Waals surface area contributed by atoms with Crippen molar-refractivity contribution in [3.63, 3.8) is 0 Å². The molecule has 1 saturated carbocycles. The van der Waals surface area contributed by atoms with Crippen LogP contribution in [0.5, 0.6) is 0 Å². The third kappa shape index (κ3) is 1.48. The molecule has 2 fully saturated rings. The lowest BCUT2D eigenvalue weighted by Gasteiger charge is -2.45. The van der Waals surface area contributed by atoms with Gasteiger partial charge in [0.05, 0.1) is 8.07 Å². The summed E-state index contributed by atoms with van der Waals surface area (Å²) < 4.78 is 0. The Hall–Kier alpha value is 0.217. The van der Waals surface area contributed by atoms with Gasteiger partial charge in [0.2, 0.25) is 0 Å². The standard InChI is InChI=1S/C11H22Si/c1-12(2)9-5-7-10-6-3-4-8-11(10)12/h10-11H,3-9H2,1-2H3. The molecule has 1 heteroatoms. The molecule has 0 aromatic heterocycles. The monoisotopic (exact) mass is 182 g/mol. The first-order valence-electron chi connectivity index (χ1n) is 5.70. The molecular formula is C11H22Si. The summed E-state index contributed by atoms with van der Waals surface area (Å²) in [7, 11) is -0.753. The Morgan fingerprint density at radius 1 is 0.917 bits per heavy atom. The molecule has 0 aromatic rings. The van der Waals surface area contributed by atoms with Crippen LogP contribution >= 0.6 is 0 Å². The molecule has 12 heavy (non-hydrogen) atoms. The van der Waals surface area contributed by atoms with Crippen LogP contribution < -0.4 is 0 Å². The van der Waals surface area contributed by atoms with Crippen molar-refractivity contribution in [2.24, 2.45) is 5.92 Å². The van der Waals surface area contributed by atoms with Crippen LogP contribution in [-0.4, -0.2) is 8.07 Å². The van der Waals surface area contributed by atoms with Gasteiger partial charge in [0.25, 0.3) is 0 Å². The highest BCUT2D eigenvalue weighted by molar-refractivity contribution is 6.79. The smallest absolute Gasteiger partial charge is 0.0507 e. The fourth-order valence-electron chi connectivity index (χ4n) is 3.59. The molecule has 0 radical (unpaired) electrons. The largest absolute Gasteiger partial charge is 0.0691 e. The fraction of sp³-hybridized carbons (Fsp3) is 1.00. The highest BCUT2D eigenvalue weighted by atomic mass is 28.3. The van der Waals surface area contributed by atoms with Gasteiger partial charge in [-0.1, -0.05) is 57.7 Å². The second-order valence-electron chi connectivity index (χ2n) is 5.53. The summed E-state index contributed by atoms with van der Waals surface area (Å²) >= 11 is 0. The summed E-state index contributed by atoms with van der Waals surface area (Å²) in [6.45, 7) is 5.27. The van der Waals surface area contributed by atoms with E-state index in [2.05, 4.69) is 13.1 Å². The second kappa shape index (κ2) is 3.17. The van der Waals surface area contributed by atoms with Gasteiger partial charge in [-0.05, 0) is 11.5 Å². The predicted molar refractivity (Wildman–Crippen MR) is 57.2 cm³/mol. The van der Waals surface area contributed by atoms with Crippen molar-refractivity contribution in [3.8, 4) is 0 Å². The molecule has 0 N–H and O–H groups in total. The van der Waals surface area contributed by atoms with E-state index in [0.717, 1.165) is 5.92 Å². The lowest BCUT2D eigenvalue weighted by Crippen LogP contribution is -2.41. The summed E-state index contributed by atoms with van der Waals surface area (Å²) in [6, 6.07) is 1.62. The summed E-state index contributed by atoms with van der Waals surface area (Å²) in [6.07, 6.45) is 9.36. The van der Waals surface area contributed by atoms with E-state index in [0.29, 0.717) is 0 Å². The van der Waals surface area contributed by atoms with Crippen molar-refractivity contribution in [2.75, 3.05) is 0 Å². The van der Waals surface area contributed by atoms with Gasteiger partial charge in [-0.3, -0.25) is 0 Å². The predicted octanol–water partition coefficient (Wildman–Crippen LogP) is 4.05. The Kier molecular flexibility index (Phi) is 2.32. The molecule has 0 aromatic carbocycles. The minimum atomic E-state index is -0.753. The third-order valence-corrected chi connectivity index (χ3v) is 8.72. The zero-order valence-electron chi connectivity index (χ0n) is 8.60. The molecule has 2 atom stereocenters. The maximum atomic E-state index is 2.63. The average molecular weight is 182 g/mol. The van der Waals surface area contributed by atoms with Gasteiger partial charge in [-0.15, -0.1) is 0 Å². The molecule has 0 amide bonds. The molecule has 2 aliphatic rings. The number of rotatable bonds is 0. The molecule has 0 spiro atoms. The lowest BCUT2D eigenvalue weighted by atomic mass is 9.85. The van der Waals surface area contributed by atoms with Crippen LogP contribution in [0.25, 0.3) is 0 Å². The van der Waals surface area contributed by atoms with Crippen molar-refractivity contribution in [1.29, 1.82) is 0 Å². The maximum absolute atomic E-state index is 2.63. The van der Waals surface area contributed by atoms with E-state index in [1.165, 1.54) is 18.4 Å².